The Morgan fingerprint density at radius 1 is 0.466 bits per heavy atom. The summed E-state index contributed by atoms with van der Waals surface area (Å²) in [5.74, 6) is -7.22. The highest BCUT2D eigenvalue weighted by Crippen LogP contribution is 2.22. The number of carbonyl (C=O) groups is 9. The monoisotopic (exact) mass is 1010 g/mol. The molecule has 2 aliphatic rings. The maximum absolute atomic E-state index is 14.6. The summed E-state index contributed by atoms with van der Waals surface area (Å²) in [4.78, 5) is 131. The summed E-state index contributed by atoms with van der Waals surface area (Å²) in [6.07, 6.45) is 2.08. The smallest absolute Gasteiger partial charge is 0.246 e. The Kier molecular flexibility index (Phi) is 22.9. The number of rotatable bonds is 13. The molecule has 0 saturated carbocycles. The van der Waals surface area contributed by atoms with Crippen LogP contribution in [0.25, 0.3) is 0 Å². The van der Waals surface area contributed by atoms with E-state index in [0.717, 1.165) is 0 Å². The van der Waals surface area contributed by atoms with Crippen molar-refractivity contribution in [2.45, 2.75) is 182 Å². The number of fused-ring (bicyclic) bond motifs is 1. The lowest BCUT2D eigenvalue weighted by atomic mass is 9.93. The Morgan fingerprint density at radius 3 is 1.29 bits per heavy atom. The van der Waals surface area contributed by atoms with Crippen LogP contribution < -0.4 is 42.5 Å². The van der Waals surface area contributed by atoms with Gasteiger partial charge in [0.05, 0.1) is 0 Å². The van der Waals surface area contributed by atoms with Crippen molar-refractivity contribution in [3.8, 4) is 0 Å². The van der Waals surface area contributed by atoms with Crippen LogP contribution in [0.2, 0.25) is 0 Å². The first-order valence-electron chi connectivity index (χ1n) is 26.4. The van der Waals surface area contributed by atoms with Gasteiger partial charge >= 0.3 is 0 Å². The predicted molar refractivity (Wildman–Crippen MR) is 279 cm³/mol. The maximum Gasteiger partial charge on any atom is 0.246 e. The highest BCUT2D eigenvalue weighted by molar-refractivity contribution is 5.99. The zero-order valence-corrected chi connectivity index (χ0v) is 44.8. The van der Waals surface area contributed by atoms with Gasteiger partial charge in [0.15, 0.2) is 0 Å². The van der Waals surface area contributed by atoms with E-state index >= 15 is 0 Å². The molecule has 0 spiro atoms. The summed E-state index contributed by atoms with van der Waals surface area (Å²) >= 11 is 0. The second-order valence-electron chi connectivity index (χ2n) is 21.3. The molecule has 18 heteroatoms. The SMILES string of the molecule is CC[C@H](C)[C@@H]1NC(=O)[C@H](CC(C)C)NC(=O)[C@H](Cc2ccccc2)NC(=O)[C@H](Cc2ccccc2)NC(=O)[C@H](C)NC(=O)[C@@H]2CCCN2C(=O)[C@H](C(C)C)NC(=O)[C@H](CC(C)C)NC(=O)[C@H]([C@@H](C)CC)NC1=O. The first-order chi connectivity index (χ1) is 34.5. The lowest BCUT2D eigenvalue weighted by Gasteiger charge is -2.33. The Labute approximate surface area is 432 Å². The number of hydrogen-bond acceptors (Lipinski definition) is 9. The Balaban J connectivity index is 1.83. The van der Waals surface area contributed by atoms with Crippen LogP contribution in [0.3, 0.4) is 0 Å². The second-order valence-corrected chi connectivity index (χ2v) is 21.3. The first kappa shape index (κ1) is 59.2. The normalized spacial score (nSPS) is 26.8. The minimum atomic E-state index is -1.25. The van der Waals surface area contributed by atoms with Gasteiger partial charge in [0.25, 0.3) is 0 Å². The third-order valence-corrected chi connectivity index (χ3v) is 13.9. The van der Waals surface area contributed by atoms with Gasteiger partial charge in [0.1, 0.15) is 54.4 Å². The standard InChI is InChI=1S/C55H83N9O9/c1-12-34(9)45-53(71)60-40(28-32(5)6)50(68)61-44(33(7)8)55(73)64-26-20-25-43(64)52(70)56-36(11)47(65)57-41(29-37-21-16-14-17-22-37)48(66)59-42(30-38-23-18-15-19-24-38)49(67)58-39(27-31(3)4)51(69)62-46(35(10)13-2)54(72)63-45/h14-19,21-24,31-36,39-46H,12-13,20,25-30H2,1-11H3,(H,56,70)(H,57,65)(H,58,67)(H,59,66)(H,60,71)(H,61,68)(H,62,69)(H,63,72)/t34-,35-,36-,39-,40-,41-,42-,43-,44-,45-,46-/m0/s1. The van der Waals surface area contributed by atoms with Crippen molar-refractivity contribution in [3.05, 3.63) is 71.8 Å². The van der Waals surface area contributed by atoms with E-state index in [1.807, 2.05) is 53.7 Å². The summed E-state index contributed by atoms with van der Waals surface area (Å²) in [5, 5.41) is 22.8. The fraction of sp³-hybridized carbons (Fsp3) is 0.618. The second kappa shape index (κ2) is 28.2. The highest BCUT2D eigenvalue weighted by atomic mass is 16.2. The van der Waals surface area contributed by atoms with Crippen LogP contribution in [0.1, 0.15) is 126 Å². The predicted octanol–water partition coefficient (Wildman–Crippen LogP) is 3.22. The molecule has 11 atom stereocenters. The Morgan fingerprint density at radius 2 is 0.849 bits per heavy atom. The van der Waals surface area contributed by atoms with Gasteiger partial charge in [-0.3, -0.25) is 43.2 Å². The first-order valence-corrected chi connectivity index (χ1v) is 26.4. The van der Waals surface area contributed by atoms with E-state index in [9.17, 15) is 43.2 Å². The maximum atomic E-state index is 14.6. The summed E-state index contributed by atoms with van der Waals surface area (Å²) in [6, 6.07) is 7.65. The average molecular weight is 1010 g/mol. The van der Waals surface area contributed by atoms with Crippen molar-refractivity contribution >= 4 is 53.2 Å². The van der Waals surface area contributed by atoms with Gasteiger partial charge in [0, 0.05) is 19.4 Å². The molecule has 2 aromatic rings. The fourth-order valence-corrected chi connectivity index (χ4v) is 9.15. The van der Waals surface area contributed by atoms with Crippen molar-refractivity contribution < 1.29 is 43.2 Å². The lowest BCUT2D eigenvalue weighted by Crippen LogP contribution is -2.62. The molecule has 2 aromatic carbocycles. The number of carbonyl (C=O) groups excluding carboxylic acids is 9. The molecule has 8 N–H and O–H groups in total. The average Bonchev–Trinajstić information content (AvgIpc) is 3.85. The number of nitrogens with zero attached hydrogens (tertiary/aromatic N) is 1. The number of amides is 9. The minimum Gasteiger partial charge on any atom is -0.343 e. The summed E-state index contributed by atoms with van der Waals surface area (Å²) in [7, 11) is 0. The van der Waals surface area contributed by atoms with Gasteiger partial charge in [-0.05, 0) is 73.3 Å². The largest absolute Gasteiger partial charge is 0.343 e. The van der Waals surface area contributed by atoms with E-state index in [4.69, 9.17) is 0 Å². The molecule has 402 valence electrons. The van der Waals surface area contributed by atoms with Crippen molar-refractivity contribution in [2.75, 3.05) is 6.54 Å². The van der Waals surface area contributed by atoms with Crippen LogP contribution in [-0.2, 0) is 56.0 Å². The molecule has 2 aliphatic heterocycles. The van der Waals surface area contributed by atoms with Crippen molar-refractivity contribution in [1.29, 1.82) is 0 Å². The van der Waals surface area contributed by atoms with E-state index < -0.39 is 125 Å². The van der Waals surface area contributed by atoms with E-state index in [-0.39, 0.29) is 44.1 Å². The molecule has 0 aliphatic carbocycles. The molecule has 9 amide bonds. The molecule has 2 heterocycles. The fourth-order valence-electron chi connectivity index (χ4n) is 9.15. The van der Waals surface area contributed by atoms with Gasteiger partial charge in [-0.25, -0.2) is 0 Å². The zero-order valence-electron chi connectivity index (χ0n) is 44.8. The highest BCUT2D eigenvalue weighted by Gasteiger charge is 2.42. The molecular weight excluding hydrogens is 931 g/mol. The van der Waals surface area contributed by atoms with Crippen molar-refractivity contribution in [3.63, 3.8) is 0 Å². The molecule has 73 heavy (non-hydrogen) atoms. The molecule has 18 nitrogen and oxygen atoms in total. The van der Waals surface area contributed by atoms with Crippen LogP contribution in [0.4, 0.5) is 0 Å². The Bertz CT molecular complexity index is 2210. The molecule has 4 rings (SSSR count). The number of hydrogen-bond donors (Lipinski definition) is 8. The van der Waals surface area contributed by atoms with Gasteiger partial charge in [-0.2, -0.15) is 0 Å². The third kappa shape index (κ3) is 17.4. The molecule has 0 radical (unpaired) electrons. The Hall–Kier alpha value is -6.33. The van der Waals surface area contributed by atoms with Crippen LogP contribution in [-0.4, -0.2) is 119 Å². The zero-order chi connectivity index (χ0) is 54.1. The van der Waals surface area contributed by atoms with Crippen LogP contribution >= 0.6 is 0 Å². The topological polar surface area (TPSA) is 253 Å². The van der Waals surface area contributed by atoms with Crippen molar-refractivity contribution in [2.24, 2.45) is 29.6 Å². The number of benzene rings is 2. The van der Waals surface area contributed by atoms with Crippen molar-refractivity contribution in [1.82, 2.24) is 47.4 Å². The minimum absolute atomic E-state index is 0.0112. The van der Waals surface area contributed by atoms with Crippen LogP contribution in [0, 0.1) is 29.6 Å². The van der Waals surface area contributed by atoms with Gasteiger partial charge in [-0.15, -0.1) is 0 Å². The summed E-state index contributed by atoms with van der Waals surface area (Å²) < 4.78 is 0. The van der Waals surface area contributed by atoms with Crippen LogP contribution in [0.5, 0.6) is 0 Å². The third-order valence-electron chi connectivity index (χ3n) is 13.9. The van der Waals surface area contributed by atoms with Gasteiger partial charge in [0.2, 0.25) is 53.2 Å². The molecule has 0 aromatic heterocycles. The molecule has 0 bridgehead atoms. The van der Waals surface area contributed by atoms with Gasteiger partial charge < -0.3 is 47.4 Å². The van der Waals surface area contributed by atoms with E-state index in [2.05, 4.69) is 42.5 Å². The van der Waals surface area contributed by atoms with Gasteiger partial charge in [-0.1, -0.05) is 143 Å². The van der Waals surface area contributed by atoms with E-state index in [0.29, 0.717) is 36.8 Å². The quantitative estimate of drug-likeness (QED) is 0.147. The number of nitrogens with one attached hydrogen (secondary N) is 8. The molecule has 0 unspecified atom stereocenters. The molecular formula is C55H83N9O9. The molecule has 2 fully saturated rings. The van der Waals surface area contributed by atoms with E-state index in [1.165, 1.54) is 11.8 Å². The summed E-state index contributed by atoms with van der Waals surface area (Å²) in [6.45, 7) is 20.1. The summed E-state index contributed by atoms with van der Waals surface area (Å²) in [5.41, 5.74) is 1.40. The van der Waals surface area contributed by atoms with E-state index in [1.54, 1.807) is 76.2 Å². The lowest BCUT2D eigenvalue weighted by molar-refractivity contribution is -0.143. The van der Waals surface area contributed by atoms with Crippen LogP contribution in [0.15, 0.2) is 60.7 Å². The molecule has 2 saturated heterocycles.